The second-order valence-electron chi connectivity index (χ2n) is 6.84. The van der Waals surface area contributed by atoms with Gasteiger partial charge in [0, 0.05) is 11.8 Å². The number of rotatable bonds is 6. The molecule has 3 nitrogen and oxygen atoms in total. The summed E-state index contributed by atoms with van der Waals surface area (Å²) < 4.78 is 10.6. The number of carbonyl (C=O) groups is 1. The first-order chi connectivity index (χ1) is 12.2. The van der Waals surface area contributed by atoms with Crippen molar-refractivity contribution in [2.75, 3.05) is 14.2 Å². The van der Waals surface area contributed by atoms with Crippen molar-refractivity contribution in [3.05, 3.63) is 59.7 Å². The van der Waals surface area contributed by atoms with E-state index in [9.17, 15) is 4.79 Å². The second-order valence-corrected chi connectivity index (χ2v) is 6.84. The molecule has 25 heavy (non-hydrogen) atoms. The SMILES string of the molecule is COc1cccc(CC2CCCC(Cc3cccc(OC)c3)C2=O)c1. The van der Waals surface area contributed by atoms with Crippen LogP contribution in [0.1, 0.15) is 30.4 Å². The fraction of sp³-hybridized carbons (Fsp3) is 0.409. The molecule has 1 aliphatic carbocycles. The van der Waals surface area contributed by atoms with Crippen molar-refractivity contribution in [3.8, 4) is 11.5 Å². The summed E-state index contributed by atoms with van der Waals surface area (Å²) in [6.45, 7) is 0. The highest BCUT2D eigenvalue weighted by atomic mass is 16.5. The summed E-state index contributed by atoms with van der Waals surface area (Å²) in [4.78, 5) is 13.0. The minimum Gasteiger partial charge on any atom is -0.497 e. The zero-order valence-electron chi connectivity index (χ0n) is 15.0. The molecule has 0 N–H and O–H groups in total. The van der Waals surface area contributed by atoms with Gasteiger partial charge in [0.25, 0.3) is 0 Å². The predicted octanol–water partition coefficient (Wildman–Crippen LogP) is 4.47. The third-order valence-corrected chi connectivity index (χ3v) is 5.14. The van der Waals surface area contributed by atoms with E-state index in [0.29, 0.717) is 5.78 Å². The Morgan fingerprint density at radius 3 is 1.76 bits per heavy atom. The fourth-order valence-electron chi connectivity index (χ4n) is 3.80. The molecule has 2 aromatic carbocycles. The molecule has 0 bridgehead atoms. The first kappa shape index (κ1) is 17.5. The molecule has 0 radical (unpaired) electrons. The van der Waals surface area contributed by atoms with Gasteiger partial charge in [-0.2, -0.15) is 0 Å². The van der Waals surface area contributed by atoms with E-state index in [2.05, 4.69) is 12.1 Å². The fourth-order valence-corrected chi connectivity index (χ4v) is 3.80. The van der Waals surface area contributed by atoms with E-state index < -0.39 is 0 Å². The van der Waals surface area contributed by atoms with E-state index >= 15 is 0 Å². The second kappa shape index (κ2) is 8.19. The Bertz CT molecular complexity index is 663. The summed E-state index contributed by atoms with van der Waals surface area (Å²) in [5, 5.41) is 0. The van der Waals surface area contributed by atoms with Crippen molar-refractivity contribution in [3.63, 3.8) is 0 Å². The van der Waals surface area contributed by atoms with Gasteiger partial charge >= 0.3 is 0 Å². The Morgan fingerprint density at radius 1 is 0.840 bits per heavy atom. The zero-order valence-corrected chi connectivity index (χ0v) is 15.0. The van der Waals surface area contributed by atoms with E-state index in [1.54, 1.807) is 14.2 Å². The molecule has 2 aromatic rings. The standard InChI is InChI=1S/C22H26O3/c1-24-20-10-3-6-16(14-20)12-18-8-5-9-19(22(18)23)13-17-7-4-11-21(15-17)25-2/h3-4,6-7,10-11,14-15,18-19H,5,8-9,12-13H2,1-2H3. The summed E-state index contributed by atoms with van der Waals surface area (Å²) in [6.07, 6.45) is 4.72. The first-order valence-electron chi connectivity index (χ1n) is 8.99. The predicted molar refractivity (Wildman–Crippen MR) is 99.2 cm³/mol. The third-order valence-electron chi connectivity index (χ3n) is 5.14. The highest BCUT2D eigenvalue weighted by Crippen LogP contribution is 2.31. The molecule has 3 heteroatoms. The van der Waals surface area contributed by atoms with E-state index in [-0.39, 0.29) is 11.8 Å². The molecular formula is C22H26O3. The number of hydrogen-bond acceptors (Lipinski definition) is 3. The highest BCUT2D eigenvalue weighted by Gasteiger charge is 2.31. The van der Waals surface area contributed by atoms with Crippen LogP contribution in [0.3, 0.4) is 0 Å². The number of ketones is 1. The molecule has 0 spiro atoms. The van der Waals surface area contributed by atoms with Crippen LogP contribution in [0, 0.1) is 11.8 Å². The van der Waals surface area contributed by atoms with Crippen LogP contribution in [0.4, 0.5) is 0 Å². The summed E-state index contributed by atoms with van der Waals surface area (Å²) in [6, 6.07) is 16.1. The molecule has 2 atom stereocenters. The molecule has 0 saturated heterocycles. The van der Waals surface area contributed by atoms with Crippen molar-refractivity contribution >= 4 is 5.78 Å². The summed E-state index contributed by atoms with van der Waals surface area (Å²) in [7, 11) is 3.35. The minimum absolute atomic E-state index is 0.122. The highest BCUT2D eigenvalue weighted by molar-refractivity contribution is 5.84. The molecule has 0 heterocycles. The van der Waals surface area contributed by atoms with Gasteiger partial charge in [-0.15, -0.1) is 0 Å². The van der Waals surface area contributed by atoms with Crippen LogP contribution in [0.25, 0.3) is 0 Å². The van der Waals surface area contributed by atoms with E-state index in [1.807, 2.05) is 36.4 Å². The average molecular weight is 338 g/mol. The lowest BCUT2D eigenvalue weighted by Gasteiger charge is -2.28. The number of Topliss-reactive ketones (excluding diaryl/α,β-unsaturated/α-hetero) is 1. The van der Waals surface area contributed by atoms with Crippen molar-refractivity contribution in [1.82, 2.24) is 0 Å². The smallest absolute Gasteiger partial charge is 0.139 e. The quantitative estimate of drug-likeness (QED) is 0.779. The maximum atomic E-state index is 13.0. The monoisotopic (exact) mass is 338 g/mol. The number of methoxy groups -OCH3 is 2. The molecule has 1 aliphatic rings. The van der Waals surface area contributed by atoms with Gasteiger partial charge in [0.05, 0.1) is 14.2 Å². The number of carbonyl (C=O) groups excluding carboxylic acids is 1. The van der Waals surface area contributed by atoms with Crippen LogP contribution in [-0.4, -0.2) is 20.0 Å². The third kappa shape index (κ3) is 4.41. The lowest BCUT2D eigenvalue weighted by atomic mass is 9.75. The van der Waals surface area contributed by atoms with E-state index in [4.69, 9.17) is 9.47 Å². The lowest BCUT2D eigenvalue weighted by Crippen LogP contribution is -2.31. The van der Waals surface area contributed by atoms with Crippen LogP contribution < -0.4 is 9.47 Å². The summed E-state index contributed by atoms with van der Waals surface area (Å²) in [5.74, 6) is 2.37. The Balaban J connectivity index is 1.67. The molecular weight excluding hydrogens is 312 g/mol. The molecule has 0 aliphatic heterocycles. The number of benzene rings is 2. The Kier molecular flexibility index (Phi) is 5.75. The van der Waals surface area contributed by atoms with Gasteiger partial charge in [0.2, 0.25) is 0 Å². The van der Waals surface area contributed by atoms with Crippen LogP contribution in [0.15, 0.2) is 48.5 Å². The van der Waals surface area contributed by atoms with Gasteiger partial charge < -0.3 is 9.47 Å². The van der Waals surface area contributed by atoms with Crippen molar-refractivity contribution in [2.45, 2.75) is 32.1 Å². The largest absolute Gasteiger partial charge is 0.497 e. The summed E-state index contributed by atoms with van der Waals surface area (Å²) in [5.41, 5.74) is 2.36. The average Bonchev–Trinajstić information content (AvgIpc) is 2.65. The maximum absolute atomic E-state index is 13.0. The van der Waals surface area contributed by atoms with Crippen LogP contribution >= 0.6 is 0 Å². The number of ether oxygens (including phenoxy) is 2. The van der Waals surface area contributed by atoms with Gasteiger partial charge in [0.15, 0.2) is 0 Å². The van der Waals surface area contributed by atoms with Gasteiger partial charge in [-0.1, -0.05) is 30.7 Å². The molecule has 1 fully saturated rings. The molecule has 0 aromatic heterocycles. The normalized spacial score (nSPS) is 20.3. The van der Waals surface area contributed by atoms with Crippen LogP contribution in [0.2, 0.25) is 0 Å². The van der Waals surface area contributed by atoms with Gasteiger partial charge in [0.1, 0.15) is 17.3 Å². The van der Waals surface area contributed by atoms with Gasteiger partial charge in [-0.3, -0.25) is 4.79 Å². The van der Waals surface area contributed by atoms with Crippen LogP contribution in [-0.2, 0) is 17.6 Å². The first-order valence-corrected chi connectivity index (χ1v) is 8.99. The zero-order chi connectivity index (χ0) is 17.6. The molecule has 3 rings (SSSR count). The summed E-state index contributed by atoms with van der Waals surface area (Å²) >= 11 is 0. The Morgan fingerprint density at radius 2 is 1.32 bits per heavy atom. The van der Waals surface area contributed by atoms with Crippen molar-refractivity contribution in [1.29, 1.82) is 0 Å². The topological polar surface area (TPSA) is 35.5 Å². The van der Waals surface area contributed by atoms with Gasteiger partial charge in [-0.25, -0.2) is 0 Å². The maximum Gasteiger partial charge on any atom is 0.139 e. The minimum atomic E-state index is 0.122. The van der Waals surface area contributed by atoms with Crippen molar-refractivity contribution < 1.29 is 14.3 Å². The Labute approximate surface area is 150 Å². The van der Waals surface area contributed by atoms with Crippen LogP contribution in [0.5, 0.6) is 11.5 Å². The van der Waals surface area contributed by atoms with E-state index in [1.165, 1.54) is 11.1 Å². The molecule has 2 unspecified atom stereocenters. The van der Waals surface area contributed by atoms with E-state index in [0.717, 1.165) is 43.6 Å². The Hall–Kier alpha value is -2.29. The molecule has 132 valence electrons. The number of hydrogen-bond donors (Lipinski definition) is 0. The molecule has 0 amide bonds. The molecule has 1 saturated carbocycles. The lowest BCUT2D eigenvalue weighted by molar-refractivity contribution is -0.129. The van der Waals surface area contributed by atoms with Gasteiger partial charge in [-0.05, 0) is 61.1 Å². The van der Waals surface area contributed by atoms with Crippen molar-refractivity contribution in [2.24, 2.45) is 11.8 Å².